The first-order valence-electron chi connectivity index (χ1n) is 1.58. The summed E-state index contributed by atoms with van der Waals surface area (Å²) < 4.78 is 10.9. The van der Waals surface area contributed by atoms with Crippen molar-refractivity contribution in [2.45, 2.75) is 6.42 Å². The number of hydrogen-bond donors (Lipinski definition) is 0. The lowest BCUT2D eigenvalue weighted by molar-refractivity contribution is 0.501. The van der Waals surface area contributed by atoms with Crippen LogP contribution in [0.3, 0.4) is 0 Å². The molecule has 0 aliphatic heterocycles. The average Bonchev–Trinajstić information content (AvgIpc) is 1.41. The molecule has 0 rings (SSSR count). The van der Waals surface area contributed by atoms with E-state index in [2.05, 4.69) is 6.58 Å². The Morgan fingerprint density at radius 2 is 2.17 bits per heavy atom. The molecule has 0 aromatic carbocycles. The summed E-state index contributed by atoms with van der Waals surface area (Å²) in [6.45, 7) is 3.04. The van der Waals surface area contributed by atoms with Crippen molar-refractivity contribution in [1.29, 1.82) is 0 Å². The summed E-state index contributed by atoms with van der Waals surface area (Å²) in [5.41, 5.74) is 0. The van der Waals surface area contributed by atoms with Gasteiger partial charge in [-0.05, 0) is 6.42 Å². The maximum atomic E-state index is 10.9. The number of alkyl halides is 1. The van der Waals surface area contributed by atoms with Crippen LogP contribution in [0.25, 0.3) is 0 Å². The minimum atomic E-state index is -0.274. The Labute approximate surface area is 36.8 Å². The molecular formula is C4H9FO. The molecule has 38 valence electrons. The molecule has 0 atom stereocenters. The van der Waals surface area contributed by atoms with Gasteiger partial charge >= 0.3 is 0 Å². The van der Waals surface area contributed by atoms with Crippen molar-refractivity contribution in [1.82, 2.24) is 0 Å². The molecule has 0 heterocycles. The predicted octanol–water partition coefficient (Wildman–Crippen LogP) is 0.707. The second-order valence-corrected chi connectivity index (χ2v) is 0.766. The van der Waals surface area contributed by atoms with Gasteiger partial charge < -0.3 is 5.48 Å². The van der Waals surface area contributed by atoms with Gasteiger partial charge in [0.15, 0.2) is 0 Å². The molecular weight excluding hydrogens is 83.0 g/mol. The third-order valence-corrected chi connectivity index (χ3v) is 0.313. The summed E-state index contributed by atoms with van der Waals surface area (Å²) in [6.07, 6.45) is 2.04. The van der Waals surface area contributed by atoms with E-state index in [4.69, 9.17) is 0 Å². The van der Waals surface area contributed by atoms with Crippen LogP contribution >= 0.6 is 0 Å². The third kappa shape index (κ3) is 9.45. The molecule has 0 bridgehead atoms. The van der Waals surface area contributed by atoms with Gasteiger partial charge in [-0.25, -0.2) is 0 Å². The van der Waals surface area contributed by atoms with E-state index < -0.39 is 0 Å². The Balaban J connectivity index is 0. The highest BCUT2D eigenvalue weighted by molar-refractivity contribution is 4.63. The van der Waals surface area contributed by atoms with Crippen LogP contribution in [0.5, 0.6) is 0 Å². The largest absolute Gasteiger partial charge is 0.412 e. The van der Waals surface area contributed by atoms with Crippen LogP contribution in [0.1, 0.15) is 6.42 Å². The number of rotatable bonds is 2. The molecule has 0 radical (unpaired) electrons. The van der Waals surface area contributed by atoms with E-state index in [1.165, 1.54) is 0 Å². The monoisotopic (exact) mass is 92.1 g/mol. The van der Waals surface area contributed by atoms with E-state index in [9.17, 15) is 4.39 Å². The van der Waals surface area contributed by atoms with Gasteiger partial charge in [0, 0.05) is 0 Å². The fraction of sp³-hybridized carbons (Fsp3) is 0.500. The molecule has 0 spiro atoms. The van der Waals surface area contributed by atoms with E-state index in [0.717, 1.165) is 0 Å². The smallest absolute Gasteiger partial charge is 0.0928 e. The molecule has 0 aliphatic carbocycles. The van der Waals surface area contributed by atoms with Gasteiger partial charge in [0.25, 0.3) is 0 Å². The summed E-state index contributed by atoms with van der Waals surface area (Å²) in [4.78, 5) is 0. The fourth-order valence-electron chi connectivity index (χ4n) is 0.0772. The Kier molecular flexibility index (Phi) is 13.5. The molecule has 2 N–H and O–H groups in total. The van der Waals surface area contributed by atoms with E-state index in [0.29, 0.717) is 6.42 Å². The molecule has 0 unspecified atom stereocenters. The highest BCUT2D eigenvalue weighted by Gasteiger charge is 1.65. The van der Waals surface area contributed by atoms with E-state index in [-0.39, 0.29) is 12.2 Å². The highest BCUT2D eigenvalue weighted by atomic mass is 19.1. The summed E-state index contributed by atoms with van der Waals surface area (Å²) >= 11 is 0. The van der Waals surface area contributed by atoms with Crippen LogP contribution in [0.2, 0.25) is 0 Å². The van der Waals surface area contributed by atoms with Crippen LogP contribution in [-0.4, -0.2) is 12.2 Å². The van der Waals surface area contributed by atoms with Gasteiger partial charge in [-0.2, -0.15) is 0 Å². The lowest BCUT2D eigenvalue weighted by atomic mass is 10.5. The Bertz CT molecular complexity index is 28.7. The number of halogens is 1. The molecule has 0 aromatic heterocycles. The lowest BCUT2D eigenvalue weighted by Crippen LogP contribution is -1.61. The lowest BCUT2D eigenvalue weighted by Gasteiger charge is -1.69. The molecule has 1 nitrogen and oxygen atoms in total. The van der Waals surface area contributed by atoms with Gasteiger partial charge in [0.05, 0.1) is 6.67 Å². The van der Waals surface area contributed by atoms with Gasteiger partial charge in [-0.15, -0.1) is 6.58 Å². The van der Waals surface area contributed by atoms with Crippen LogP contribution in [0.15, 0.2) is 12.7 Å². The average molecular weight is 92.1 g/mol. The van der Waals surface area contributed by atoms with Crippen molar-refractivity contribution < 1.29 is 9.87 Å². The maximum absolute atomic E-state index is 10.9. The zero-order chi connectivity index (χ0) is 4.12. The van der Waals surface area contributed by atoms with Crippen LogP contribution in [-0.2, 0) is 0 Å². The first kappa shape index (κ1) is 9.16. The Morgan fingerprint density at radius 3 is 2.17 bits per heavy atom. The van der Waals surface area contributed by atoms with Crippen LogP contribution in [0.4, 0.5) is 4.39 Å². The minimum Gasteiger partial charge on any atom is -0.412 e. The normalized spacial score (nSPS) is 6.17. The van der Waals surface area contributed by atoms with Crippen molar-refractivity contribution in [3.8, 4) is 0 Å². The first-order valence-corrected chi connectivity index (χ1v) is 1.58. The van der Waals surface area contributed by atoms with Gasteiger partial charge in [0.1, 0.15) is 0 Å². The van der Waals surface area contributed by atoms with Gasteiger partial charge in [-0.3, -0.25) is 4.39 Å². The number of hydrogen-bond acceptors (Lipinski definition) is 0. The number of allylic oxidation sites excluding steroid dienone is 1. The first-order chi connectivity index (χ1) is 2.41. The summed E-state index contributed by atoms with van der Waals surface area (Å²) in [5, 5.41) is 0. The molecule has 0 amide bonds. The standard InChI is InChI=1S/C4H7F.H2O/c1-2-3-4-5;/h2H,1,3-4H2;1H2. The topological polar surface area (TPSA) is 31.5 Å². The highest BCUT2D eigenvalue weighted by Crippen LogP contribution is 1.75. The van der Waals surface area contributed by atoms with Crippen molar-refractivity contribution in [2.75, 3.05) is 6.67 Å². The van der Waals surface area contributed by atoms with E-state index in [1.54, 1.807) is 6.08 Å². The minimum absolute atomic E-state index is 0. The van der Waals surface area contributed by atoms with Crippen molar-refractivity contribution in [2.24, 2.45) is 0 Å². The van der Waals surface area contributed by atoms with E-state index >= 15 is 0 Å². The summed E-state index contributed by atoms with van der Waals surface area (Å²) in [7, 11) is 0. The van der Waals surface area contributed by atoms with Crippen LogP contribution in [0, 0.1) is 0 Å². The fourth-order valence-corrected chi connectivity index (χ4v) is 0.0772. The SMILES string of the molecule is C=CCCF.O. The molecule has 0 saturated carbocycles. The predicted molar refractivity (Wildman–Crippen MR) is 24.4 cm³/mol. The molecule has 0 aromatic rings. The van der Waals surface area contributed by atoms with Gasteiger partial charge in [-0.1, -0.05) is 6.08 Å². The molecule has 0 saturated heterocycles. The second-order valence-electron chi connectivity index (χ2n) is 0.766. The Hall–Kier alpha value is -0.370. The second kappa shape index (κ2) is 8.82. The van der Waals surface area contributed by atoms with Crippen LogP contribution < -0.4 is 0 Å². The molecule has 0 aliphatic rings. The zero-order valence-corrected chi connectivity index (χ0v) is 3.58. The van der Waals surface area contributed by atoms with E-state index in [1.807, 2.05) is 0 Å². The molecule has 0 fully saturated rings. The Morgan fingerprint density at radius 1 is 1.67 bits per heavy atom. The van der Waals surface area contributed by atoms with Crippen molar-refractivity contribution >= 4 is 0 Å². The van der Waals surface area contributed by atoms with Crippen molar-refractivity contribution in [3.63, 3.8) is 0 Å². The molecule has 6 heavy (non-hydrogen) atoms. The summed E-state index contributed by atoms with van der Waals surface area (Å²) in [5.74, 6) is 0. The summed E-state index contributed by atoms with van der Waals surface area (Å²) in [6, 6.07) is 0. The van der Waals surface area contributed by atoms with Crippen molar-refractivity contribution in [3.05, 3.63) is 12.7 Å². The third-order valence-electron chi connectivity index (χ3n) is 0.313. The molecule has 2 heteroatoms. The quantitative estimate of drug-likeness (QED) is 0.449. The maximum Gasteiger partial charge on any atom is 0.0928 e. The zero-order valence-electron chi connectivity index (χ0n) is 3.58. The van der Waals surface area contributed by atoms with Gasteiger partial charge in [0.2, 0.25) is 0 Å².